The minimum absolute atomic E-state index is 0.0460. The first-order chi connectivity index (χ1) is 13.1. The summed E-state index contributed by atoms with van der Waals surface area (Å²) in [6.45, 7) is 0.429. The molecule has 0 saturated carbocycles. The molecule has 2 N–H and O–H groups in total. The van der Waals surface area contributed by atoms with E-state index in [0.29, 0.717) is 5.56 Å². The van der Waals surface area contributed by atoms with Crippen LogP contribution in [0.25, 0.3) is 0 Å². The Kier molecular flexibility index (Phi) is 7.20. The highest BCUT2D eigenvalue weighted by Gasteiger charge is 2.38. The Morgan fingerprint density at radius 1 is 1.28 bits per heavy atom. The largest absolute Gasteiger partial charge is 0.790 e. The van der Waals surface area contributed by atoms with Gasteiger partial charge in [0.25, 0.3) is 15.6 Å². The average Bonchev–Trinajstić information content (AvgIpc) is 2.86. The van der Waals surface area contributed by atoms with Gasteiger partial charge in [-0.05, 0) is 6.92 Å². The van der Waals surface area contributed by atoms with Gasteiger partial charge < -0.3 is 39.1 Å². The molecule has 0 aromatic carbocycles. The predicted octanol–water partition coefficient (Wildman–Crippen LogP) is -2.43. The first-order valence-electron chi connectivity index (χ1n) is 7.45. The molecule has 1 fully saturated rings. The van der Waals surface area contributed by atoms with E-state index in [0.717, 1.165) is 4.57 Å². The van der Waals surface area contributed by atoms with Crippen molar-refractivity contribution in [3.05, 3.63) is 22.2 Å². The minimum Gasteiger partial charge on any atom is -0.790 e. The summed E-state index contributed by atoms with van der Waals surface area (Å²) in [5.74, 6) is -0.0460. The van der Waals surface area contributed by atoms with Gasteiger partial charge in [-0.25, -0.2) is 13.5 Å². The van der Waals surface area contributed by atoms with Crippen molar-refractivity contribution in [2.75, 3.05) is 12.3 Å². The number of phosphoric ester groups is 1. The molecule has 15 nitrogen and oxygen atoms in total. The molecule has 0 aliphatic carbocycles. The zero-order valence-electron chi connectivity index (χ0n) is 14.3. The van der Waals surface area contributed by atoms with Gasteiger partial charge in [0.15, 0.2) is 0 Å². The van der Waals surface area contributed by atoms with Crippen molar-refractivity contribution in [1.82, 2.24) is 9.55 Å². The Bertz CT molecular complexity index is 965. The lowest BCUT2D eigenvalue weighted by Crippen LogP contribution is -2.29. The first kappa shape index (κ1) is 24.3. The number of hydrogen-bond donors (Lipinski definition) is 1. The van der Waals surface area contributed by atoms with E-state index in [1.807, 2.05) is 0 Å². The molecule has 1 aromatic rings. The van der Waals surface area contributed by atoms with Gasteiger partial charge >= 0.3 is 5.69 Å². The molecule has 1 aliphatic heterocycles. The molecule has 29 heavy (non-hydrogen) atoms. The Morgan fingerprint density at radius 3 is 2.48 bits per heavy atom. The van der Waals surface area contributed by atoms with Crippen molar-refractivity contribution < 1.29 is 55.5 Å². The Morgan fingerprint density at radius 2 is 1.90 bits per heavy atom. The molecule has 0 spiro atoms. The molecule has 2 heterocycles. The summed E-state index contributed by atoms with van der Waals surface area (Å²) in [5.41, 5.74) is 5.01. The summed E-state index contributed by atoms with van der Waals surface area (Å²) in [6, 6.07) is 0. The van der Waals surface area contributed by atoms with E-state index in [1.165, 1.54) is 13.1 Å². The van der Waals surface area contributed by atoms with Gasteiger partial charge in [-0.1, -0.05) is 0 Å². The van der Waals surface area contributed by atoms with Crippen molar-refractivity contribution in [1.29, 1.82) is 0 Å². The van der Waals surface area contributed by atoms with Gasteiger partial charge in [0.2, 0.25) is 0 Å². The van der Waals surface area contributed by atoms with Crippen molar-refractivity contribution >= 4 is 29.3 Å². The van der Waals surface area contributed by atoms with E-state index in [9.17, 15) is 42.5 Å². The molecule has 166 valence electrons. The number of nitrogens with zero attached hydrogens (tertiary/aromatic N) is 2. The highest BCUT2D eigenvalue weighted by molar-refractivity contribution is 7.64. The number of rotatable bonds is 8. The van der Waals surface area contributed by atoms with E-state index in [4.69, 9.17) is 10.5 Å². The highest BCUT2D eigenvalue weighted by atomic mass is 31.3. The number of ether oxygens (including phenoxy) is 1. The Hall–Kier alpha value is -1.02. The number of halogens is 1. The van der Waals surface area contributed by atoms with Crippen molar-refractivity contribution in [3.63, 3.8) is 0 Å². The maximum absolute atomic E-state index is 14.1. The van der Waals surface area contributed by atoms with Crippen LogP contribution in [0.15, 0.2) is 11.0 Å². The van der Waals surface area contributed by atoms with Crippen LogP contribution in [0.4, 0.5) is 10.2 Å². The maximum Gasteiger partial charge on any atom is 0.351 e. The SMILES string of the molecule is Cc1cn(C2CC(F)C(COP(=O)([O-])OP(=O)([O-])OP(=O)([O-])[O-])O2)c(=O)nc1N. The topological polar surface area (TPSA) is 241 Å². The number of hydrogen-bond acceptors (Lipinski definition) is 14. The van der Waals surface area contributed by atoms with Crippen molar-refractivity contribution in [3.8, 4) is 0 Å². The van der Waals surface area contributed by atoms with Crippen LogP contribution in [0.2, 0.25) is 0 Å². The van der Waals surface area contributed by atoms with Crippen LogP contribution in [0.1, 0.15) is 18.2 Å². The fourth-order valence-corrected chi connectivity index (χ4v) is 5.11. The minimum atomic E-state index is -6.13. The van der Waals surface area contributed by atoms with Crippen LogP contribution in [-0.2, 0) is 31.6 Å². The molecule has 19 heteroatoms. The lowest BCUT2D eigenvalue weighted by atomic mass is 10.2. The second-order valence-electron chi connectivity index (χ2n) is 5.68. The van der Waals surface area contributed by atoms with Crippen LogP contribution in [0.5, 0.6) is 0 Å². The van der Waals surface area contributed by atoms with Gasteiger partial charge in [-0.2, -0.15) is 4.98 Å². The quantitative estimate of drug-likeness (QED) is 0.381. The second kappa shape index (κ2) is 8.61. The number of nitrogen functional groups attached to an aromatic ring is 1. The number of aromatic nitrogens is 2. The number of phosphoric acid groups is 3. The Balaban J connectivity index is 2.02. The summed E-state index contributed by atoms with van der Waals surface area (Å²) in [5, 5.41) is 0. The molecule has 1 aromatic heterocycles. The summed E-state index contributed by atoms with van der Waals surface area (Å²) >= 11 is 0. The summed E-state index contributed by atoms with van der Waals surface area (Å²) in [6.07, 6.45) is -3.76. The molecule has 2 rings (SSSR count). The fraction of sp³-hybridized carbons (Fsp3) is 0.600. The summed E-state index contributed by atoms with van der Waals surface area (Å²) in [4.78, 5) is 58.4. The molecule has 5 atom stereocenters. The highest BCUT2D eigenvalue weighted by Crippen LogP contribution is 2.60. The van der Waals surface area contributed by atoms with Gasteiger partial charge in [0.05, 0.1) is 14.4 Å². The van der Waals surface area contributed by atoms with E-state index in [1.54, 1.807) is 0 Å². The van der Waals surface area contributed by atoms with Gasteiger partial charge in [0.1, 0.15) is 24.3 Å². The van der Waals surface area contributed by atoms with Crippen molar-refractivity contribution in [2.24, 2.45) is 0 Å². The van der Waals surface area contributed by atoms with Crippen LogP contribution in [0, 0.1) is 6.92 Å². The van der Waals surface area contributed by atoms with E-state index >= 15 is 0 Å². The van der Waals surface area contributed by atoms with Crippen LogP contribution in [0.3, 0.4) is 0 Å². The zero-order valence-corrected chi connectivity index (χ0v) is 17.0. The summed E-state index contributed by atoms with van der Waals surface area (Å²) in [7, 11) is -18.0. The fourth-order valence-electron chi connectivity index (χ4n) is 2.24. The third kappa shape index (κ3) is 7.02. The normalized spacial score (nSPS) is 26.8. The average molecular weight is 479 g/mol. The number of alkyl halides is 1. The van der Waals surface area contributed by atoms with Crippen molar-refractivity contribution in [2.45, 2.75) is 31.8 Å². The lowest BCUT2D eigenvalue weighted by molar-refractivity contribution is -0.339. The molecular formula is C10H13FN3O12P3-4. The molecule has 0 radical (unpaired) electrons. The predicted molar refractivity (Wildman–Crippen MR) is 82.0 cm³/mol. The first-order valence-corrected chi connectivity index (χ1v) is 11.8. The van der Waals surface area contributed by atoms with Gasteiger partial charge in [-0.3, -0.25) is 18.0 Å². The third-order valence-electron chi connectivity index (χ3n) is 3.44. The molecule has 0 bridgehead atoms. The molecule has 1 saturated heterocycles. The van der Waals surface area contributed by atoms with Crippen LogP contribution in [-0.4, -0.2) is 28.4 Å². The van der Waals surface area contributed by atoms with Gasteiger partial charge in [0, 0.05) is 18.2 Å². The zero-order chi connectivity index (χ0) is 22.2. The van der Waals surface area contributed by atoms with E-state index in [-0.39, 0.29) is 5.82 Å². The number of aryl methyl sites for hydroxylation is 1. The number of anilines is 1. The standard InChI is InChI=1S/C10H17FN3O12P3/c1-5-3-14(10(15)13-9(5)12)8-2-6(11)7(24-8)4-23-28(19,20)26-29(21,22)25-27(16,17)18/h3,6-8H,2,4H2,1H3,(H,19,20)(H,21,22)(H2,12,13,15)(H2,16,17,18)/p-4. The molecule has 1 aliphatic rings. The maximum atomic E-state index is 14.1. The monoisotopic (exact) mass is 479 g/mol. The van der Waals surface area contributed by atoms with Gasteiger partial charge in [-0.15, -0.1) is 0 Å². The number of nitrogens with two attached hydrogens (primary N) is 1. The molecule has 0 amide bonds. The van der Waals surface area contributed by atoms with Crippen LogP contribution >= 0.6 is 23.5 Å². The molecule has 5 unspecified atom stereocenters. The second-order valence-corrected chi connectivity index (χ2v) is 9.93. The van der Waals surface area contributed by atoms with E-state index in [2.05, 4.69) is 18.1 Å². The summed E-state index contributed by atoms with van der Waals surface area (Å²) < 4.78 is 63.5. The lowest BCUT2D eigenvalue weighted by Gasteiger charge is -2.37. The molecular weight excluding hydrogens is 466 g/mol. The Labute approximate surface area is 161 Å². The van der Waals surface area contributed by atoms with E-state index < -0.39 is 60.7 Å². The smallest absolute Gasteiger partial charge is 0.351 e. The third-order valence-corrected chi connectivity index (χ3v) is 7.11. The van der Waals surface area contributed by atoms with Crippen LogP contribution < -0.4 is 31.0 Å².